The van der Waals surface area contributed by atoms with Crippen molar-refractivity contribution in [2.75, 3.05) is 0 Å². The number of aromatic nitrogens is 1. The van der Waals surface area contributed by atoms with E-state index >= 15 is 0 Å². The number of pyridine rings is 1. The summed E-state index contributed by atoms with van der Waals surface area (Å²) in [5.74, 6) is 0. The minimum absolute atomic E-state index is 0.0914. The van der Waals surface area contributed by atoms with Gasteiger partial charge in [-0.3, -0.25) is 4.79 Å². The molecule has 0 saturated heterocycles. The number of fused-ring (bicyclic) bond motifs is 2. The minimum atomic E-state index is 0.0914. The smallest absolute Gasteiger partial charge is 0.197 e. The van der Waals surface area contributed by atoms with Crippen LogP contribution in [0.5, 0.6) is 0 Å². The van der Waals surface area contributed by atoms with Crippen LogP contribution < -0.4 is 5.43 Å². The summed E-state index contributed by atoms with van der Waals surface area (Å²) in [5, 5.41) is 1.50. The lowest BCUT2D eigenvalue weighted by atomic mass is 9.87. The third kappa shape index (κ3) is 2.54. The maximum atomic E-state index is 12.8. The molecule has 2 heteroatoms. The van der Waals surface area contributed by atoms with Crippen LogP contribution in [0.25, 0.3) is 27.5 Å². The van der Waals surface area contributed by atoms with Gasteiger partial charge in [-0.1, -0.05) is 57.2 Å². The summed E-state index contributed by atoms with van der Waals surface area (Å²) in [7, 11) is 0. The van der Waals surface area contributed by atoms with Crippen molar-refractivity contribution in [1.82, 2.24) is 4.57 Å². The van der Waals surface area contributed by atoms with Gasteiger partial charge in [0.05, 0.1) is 11.0 Å². The summed E-state index contributed by atoms with van der Waals surface area (Å²) in [6, 6.07) is 24.3. The number of hydrogen-bond acceptors (Lipinski definition) is 1. The largest absolute Gasteiger partial charge is 0.309 e. The standard InChI is InChI=1S/C23H21NO/c1-23(2,3)16-12-14-17(15-13-16)24-20-10-6-4-8-18(20)22(25)19-9-5-7-11-21(19)24/h4-15H,1-3H3. The number of para-hydroxylation sites is 2. The first-order chi connectivity index (χ1) is 12.0. The highest BCUT2D eigenvalue weighted by atomic mass is 16.1. The van der Waals surface area contributed by atoms with Crippen molar-refractivity contribution >= 4 is 21.8 Å². The fraction of sp³-hybridized carbons (Fsp3) is 0.174. The molecule has 1 aromatic heterocycles. The molecule has 4 rings (SSSR count). The molecule has 0 aliphatic heterocycles. The molecule has 0 atom stereocenters. The number of benzene rings is 3. The van der Waals surface area contributed by atoms with Crippen LogP contribution in [-0.4, -0.2) is 4.57 Å². The van der Waals surface area contributed by atoms with Crippen LogP contribution in [-0.2, 0) is 5.41 Å². The first kappa shape index (κ1) is 15.6. The van der Waals surface area contributed by atoms with Crippen molar-refractivity contribution in [2.45, 2.75) is 26.2 Å². The van der Waals surface area contributed by atoms with Gasteiger partial charge in [-0.25, -0.2) is 0 Å². The summed E-state index contributed by atoms with van der Waals surface area (Å²) in [5.41, 5.74) is 4.45. The van der Waals surface area contributed by atoms with E-state index in [4.69, 9.17) is 0 Å². The summed E-state index contributed by atoms with van der Waals surface area (Å²) >= 11 is 0. The fourth-order valence-electron chi connectivity index (χ4n) is 3.38. The van der Waals surface area contributed by atoms with Gasteiger partial charge >= 0.3 is 0 Å². The maximum absolute atomic E-state index is 12.8. The highest BCUT2D eigenvalue weighted by molar-refractivity contribution is 5.95. The second kappa shape index (κ2) is 5.59. The van der Waals surface area contributed by atoms with E-state index in [1.165, 1.54) is 5.56 Å². The molecule has 124 valence electrons. The van der Waals surface area contributed by atoms with E-state index in [2.05, 4.69) is 49.6 Å². The number of hydrogen-bond donors (Lipinski definition) is 0. The lowest BCUT2D eigenvalue weighted by molar-refractivity contribution is 0.590. The molecule has 4 aromatic rings. The molecule has 0 aliphatic rings. The predicted molar refractivity (Wildman–Crippen MR) is 106 cm³/mol. The fourth-order valence-corrected chi connectivity index (χ4v) is 3.38. The lowest BCUT2D eigenvalue weighted by Gasteiger charge is -2.20. The third-order valence-corrected chi connectivity index (χ3v) is 4.77. The van der Waals surface area contributed by atoms with Crippen LogP contribution in [0.3, 0.4) is 0 Å². The highest BCUT2D eigenvalue weighted by Crippen LogP contribution is 2.27. The van der Waals surface area contributed by atoms with E-state index in [0.29, 0.717) is 0 Å². The van der Waals surface area contributed by atoms with E-state index in [0.717, 1.165) is 27.5 Å². The number of nitrogens with zero attached hydrogens (tertiary/aromatic N) is 1. The molecule has 0 fully saturated rings. The summed E-state index contributed by atoms with van der Waals surface area (Å²) in [6.45, 7) is 6.64. The van der Waals surface area contributed by atoms with Crippen LogP contribution in [0.1, 0.15) is 26.3 Å². The zero-order valence-corrected chi connectivity index (χ0v) is 14.8. The van der Waals surface area contributed by atoms with Crippen LogP contribution in [0.15, 0.2) is 77.6 Å². The van der Waals surface area contributed by atoms with Crippen molar-refractivity contribution in [3.8, 4) is 5.69 Å². The Morgan fingerprint density at radius 3 is 1.64 bits per heavy atom. The summed E-state index contributed by atoms with van der Waals surface area (Å²) in [6.07, 6.45) is 0. The van der Waals surface area contributed by atoms with Crippen molar-refractivity contribution in [3.05, 3.63) is 88.6 Å². The Labute approximate surface area is 147 Å². The molecule has 0 spiro atoms. The van der Waals surface area contributed by atoms with Crippen molar-refractivity contribution in [2.24, 2.45) is 0 Å². The van der Waals surface area contributed by atoms with Crippen molar-refractivity contribution < 1.29 is 0 Å². The Bertz CT molecular complexity index is 1070. The molecule has 0 N–H and O–H groups in total. The zero-order chi connectivity index (χ0) is 17.6. The van der Waals surface area contributed by atoms with Gasteiger partial charge < -0.3 is 4.57 Å². The molecule has 0 unspecified atom stereocenters. The van der Waals surface area contributed by atoms with E-state index < -0.39 is 0 Å². The SMILES string of the molecule is CC(C)(C)c1ccc(-n2c3ccccc3c(=O)c3ccccc32)cc1. The van der Waals surface area contributed by atoms with Crippen LogP contribution in [0.2, 0.25) is 0 Å². The first-order valence-corrected chi connectivity index (χ1v) is 8.60. The highest BCUT2D eigenvalue weighted by Gasteiger charge is 2.15. The maximum Gasteiger partial charge on any atom is 0.197 e. The van der Waals surface area contributed by atoms with Gasteiger partial charge in [0.2, 0.25) is 0 Å². The van der Waals surface area contributed by atoms with Gasteiger partial charge in [0.1, 0.15) is 0 Å². The summed E-state index contributed by atoms with van der Waals surface area (Å²) in [4.78, 5) is 12.8. The van der Waals surface area contributed by atoms with Gasteiger partial charge in [-0.2, -0.15) is 0 Å². The molecule has 2 nitrogen and oxygen atoms in total. The van der Waals surface area contributed by atoms with E-state index in [1.54, 1.807) is 0 Å². The molecule has 0 amide bonds. The average Bonchev–Trinajstić information content (AvgIpc) is 2.62. The van der Waals surface area contributed by atoms with Gasteiger partial charge in [0, 0.05) is 16.5 Å². The lowest BCUT2D eigenvalue weighted by Crippen LogP contribution is -2.12. The minimum Gasteiger partial charge on any atom is -0.309 e. The molecule has 0 bridgehead atoms. The Morgan fingerprint density at radius 1 is 0.680 bits per heavy atom. The third-order valence-electron chi connectivity index (χ3n) is 4.77. The molecule has 25 heavy (non-hydrogen) atoms. The topological polar surface area (TPSA) is 22.0 Å². The first-order valence-electron chi connectivity index (χ1n) is 8.60. The normalized spacial score (nSPS) is 12.0. The van der Waals surface area contributed by atoms with E-state index in [9.17, 15) is 4.79 Å². The van der Waals surface area contributed by atoms with E-state index in [1.807, 2.05) is 48.5 Å². The Balaban J connectivity index is 2.09. The molecule has 1 heterocycles. The average molecular weight is 327 g/mol. The van der Waals surface area contributed by atoms with Crippen LogP contribution >= 0.6 is 0 Å². The Kier molecular flexibility index (Phi) is 3.50. The molecule has 0 aliphatic carbocycles. The second-order valence-corrected chi connectivity index (χ2v) is 7.50. The van der Waals surface area contributed by atoms with E-state index in [-0.39, 0.29) is 10.8 Å². The molecule has 3 aromatic carbocycles. The molecular formula is C23H21NO. The van der Waals surface area contributed by atoms with Crippen LogP contribution in [0, 0.1) is 0 Å². The quantitative estimate of drug-likeness (QED) is 0.427. The monoisotopic (exact) mass is 327 g/mol. The molecule has 0 radical (unpaired) electrons. The molecule has 0 saturated carbocycles. The Morgan fingerprint density at radius 2 is 1.16 bits per heavy atom. The van der Waals surface area contributed by atoms with Gasteiger partial charge in [-0.15, -0.1) is 0 Å². The van der Waals surface area contributed by atoms with Crippen molar-refractivity contribution in [3.63, 3.8) is 0 Å². The van der Waals surface area contributed by atoms with Gasteiger partial charge in [0.25, 0.3) is 0 Å². The zero-order valence-electron chi connectivity index (χ0n) is 14.8. The Hall–Kier alpha value is -2.87. The van der Waals surface area contributed by atoms with Gasteiger partial charge in [-0.05, 0) is 47.4 Å². The molecular weight excluding hydrogens is 306 g/mol. The van der Waals surface area contributed by atoms with Crippen LogP contribution in [0.4, 0.5) is 0 Å². The van der Waals surface area contributed by atoms with Crippen molar-refractivity contribution in [1.29, 1.82) is 0 Å². The van der Waals surface area contributed by atoms with Gasteiger partial charge in [0.15, 0.2) is 5.43 Å². The number of rotatable bonds is 1. The summed E-state index contributed by atoms with van der Waals surface area (Å²) < 4.78 is 2.18. The predicted octanol–water partition coefficient (Wildman–Crippen LogP) is 5.44. The second-order valence-electron chi connectivity index (χ2n) is 7.50.